The third-order valence-corrected chi connectivity index (χ3v) is 2.42. The molecule has 0 saturated carbocycles. The van der Waals surface area contributed by atoms with Crippen LogP contribution in [0.1, 0.15) is 11.1 Å². The van der Waals surface area contributed by atoms with Crippen LogP contribution < -0.4 is 10.2 Å². The molecule has 0 saturated heterocycles. The molecule has 0 aromatic heterocycles. The predicted octanol–water partition coefficient (Wildman–Crippen LogP) is 0.519. The molecule has 0 bridgehead atoms. The third kappa shape index (κ3) is 11.5. The van der Waals surface area contributed by atoms with Crippen molar-refractivity contribution in [3.63, 3.8) is 0 Å². The first kappa shape index (κ1) is 21.3. The quantitative estimate of drug-likeness (QED) is 0.571. The summed E-state index contributed by atoms with van der Waals surface area (Å²) in [5.41, 5.74) is 1.72. The Morgan fingerprint density at radius 3 is 1.22 bits per heavy atom. The van der Waals surface area contributed by atoms with Crippen molar-refractivity contribution in [1.29, 1.82) is 0 Å². The number of carboxylic acid groups (broad SMARTS) is 2. The minimum Gasteiger partial charge on any atom is -0.545 e. The van der Waals surface area contributed by atoms with Crippen LogP contribution in [-0.4, -0.2) is 57.4 Å². The number of carbonyl (C=O) groups is 2. The Balaban J connectivity index is 0.000000403. The average molecular weight is 382 g/mol. The van der Waals surface area contributed by atoms with E-state index < -0.39 is 11.9 Å². The van der Waals surface area contributed by atoms with Crippen molar-refractivity contribution in [2.45, 2.75) is 0 Å². The van der Waals surface area contributed by atoms with Crippen molar-refractivity contribution in [3.05, 3.63) is 83.9 Å². The van der Waals surface area contributed by atoms with E-state index in [-0.39, 0.29) is 45.5 Å². The summed E-state index contributed by atoms with van der Waals surface area (Å²) in [7, 11) is 0. The summed E-state index contributed by atoms with van der Waals surface area (Å²) in [6, 6.07) is 18.4. The van der Waals surface area contributed by atoms with Crippen LogP contribution in [0.15, 0.2) is 72.8 Å². The molecule has 2 aromatic rings. The number of benzene rings is 2. The molecule has 2 rings (SSSR count). The van der Waals surface area contributed by atoms with E-state index in [2.05, 4.69) is 0 Å². The van der Waals surface area contributed by atoms with Crippen LogP contribution in [0.2, 0.25) is 0 Å². The number of rotatable bonds is 4. The Hall–Kier alpha value is -1.66. The number of carbonyl (C=O) groups excluding carboxylic acids is 2. The second-order valence-corrected chi connectivity index (χ2v) is 4.13. The molecule has 112 valence electrons. The van der Waals surface area contributed by atoms with E-state index in [1.807, 2.05) is 60.7 Å². The summed E-state index contributed by atoms with van der Waals surface area (Å²) in [5.74, 6) is -2.34. The van der Waals surface area contributed by atoms with Gasteiger partial charge in [-0.15, -0.1) is 0 Å². The van der Waals surface area contributed by atoms with Gasteiger partial charge in [0.05, 0.1) is 11.9 Å². The molecule has 0 aliphatic heterocycles. The van der Waals surface area contributed by atoms with Crippen LogP contribution in [0.5, 0.6) is 0 Å². The first-order valence-corrected chi connectivity index (χ1v) is 6.46. The maximum absolute atomic E-state index is 9.97. The van der Waals surface area contributed by atoms with Gasteiger partial charge in [0.1, 0.15) is 0 Å². The van der Waals surface area contributed by atoms with Crippen molar-refractivity contribution < 1.29 is 19.8 Å². The van der Waals surface area contributed by atoms with Crippen LogP contribution in [0.25, 0.3) is 12.2 Å². The summed E-state index contributed by atoms with van der Waals surface area (Å²) in [5, 5.41) is 19.9. The van der Waals surface area contributed by atoms with Gasteiger partial charge in [-0.2, -0.15) is 0 Å². The van der Waals surface area contributed by atoms with E-state index >= 15 is 0 Å². The van der Waals surface area contributed by atoms with Crippen molar-refractivity contribution >= 4 is 69.6 Å². The molecule has 4 nitrogen and oxygen atoms in total. The minimum atomic E-state index is -1.17. The first-order chi connectivity index (χ1) is 10.6. The fraction of sp³-hybridized carbons (Fsp3) is 0. The summed E-state index contributed by atoms with van der Waals surface area (Å²) in [6.07, 6.45) is 5.01. The molecule has 0 radical (unpaired) electrons. The Kier molecular flexibility index (Phi) is 11.9. The summed E-state index contributed by atoms with van der Waals surface area (Å²) < 4.78 is 0. The Bertz CT molecular complexity index is 590. The largest absolute Gasteiger partial charge is 2.00 e. The molecule has 0 unspecified atom stereocenters. The van der Waals surface area contributed by atoms with Crippen LogP contribution in [0.3, 0.4) is 0 Å². The van der Waals surface area contributed by atoms with E-state index in [9.17, 15) is 19.8 Å². The third-order valence-electron chi connectivity index (χ3n) is 2.42. The normalized spacial score (nSPS) is 9.74. The maximum atomic E-state index is 9.97. The molecule has 23 heavy (non-hydrogen) atoms. The summed E-state index contributed by atoms with van der Waals surface area (Å²) >= 11 is 0. The van der Waals surface area contributed by atoms with Crippen LogP contribution in [0, 0.1) is 0 Å². The molecular formula is C18H14O4Sr. The van der Waals surface area contributed by atoms with Gasteiger partial charge in [0.15, 0.2) is 0 Å². The van der Waals surface area contributed by atoms with Crippen LogP contribution in [-0.2, 0) is 9.59 Å². The van der Waals surface area contributed by atoms with Gasteiger partial charge in [0.2, 0.25) is 0 Å². The summed E-state index contributed by atoms with van der Waals surface area (Å²) in [6.45, 7) is 0. The smallest absolute Gasteiger partial charge is 0.545 e. The molecule has 0 N–H and O–H groups in total. The van der Waals surface area contributed by atoms with E-state index in [0.29, 0.717) is 0 Å². The van der Waals surface area contributed by atoms with Gasteiger partial charge in [0.25, 0.3) is 0 Å². The van der Waals surface area contributed by atoms with E-state index in [1.165, 1.54) is 12.2 Å². The number of hydrogen-bond acceptors (Lipinski definition) is 4. The molecule has 0 fully saturated rings. The zero-order valence-corrected chi connectivity index (χ0v) is 15.9. The van der Waals surface area contributed by atoms with Gasteiger partial charge in [-0.3, -0.25) is 0 Å². The molecule has 0 amide bonds. The second-order valence-electron chi connectivity index (χ2n) is 4.13. The van der Waals surface area contributed by atoms with E-state index in [0.717, 1.165) is 23.3 Å². The Labute approximate surface area is 172 Å². The molecule has 2 aromatic carbocycles. The van der Waals surface area contributed by atoms with Crippen molar-refractivity contribution in [3.8, 4) is 0 Å². The zero-order chi connectivity index (χ0) is 16.2. The molecule has 0 aliphatic carbocycles. The summed E-state index contributed by atoms with van der Waals surface area (Å²) in [4.78, 5) is 19.9. The standard InChI is InChI=1S/2C9H8O2.Sr/c2*10-9(11)7-6-8-4-2-1-3-5-8;/h2*1-7H,(H,10,11);/q;;+2/p-2/b2*7-6+;. The van der Waals surface area contributed by atoms with Gasteiger partial charge in [-0.05, 0) is 23.3 Å². The number of aliphatic carboxylic acids is 2. The Morgan fingerprint density at radius 2 is 0.957 bits per heavy atom. The SMILES string of the molecule is O=C([O-])/C=C/c1ccccc1.O=C([O-])/C=C/c1ccccc1.[Sr+2]. The molecule has 0 atom stereocenters. The monoisotopic (exact) mass is 382 g/mol. The van der Waals surface area contributed by atoms with E-state index in [1.54, 1.807) is 0 Å². The molecule has 0 heterocycles. The predicted molar refractivity (Wildman–Crippen MR) is 86.7 cm³/mol. The fourth-order valence-electron chi connectivity index (χ4n) is 1.46. The van der Waals surface area contributed by atoms with Crippen molar-refractivity contribution in [1.82, 2.24) is 0 Å². The van der Waals surface area contributed by atoms with E-state index in [4.69, 9.17) is 0 Å². The first-order valence-electron chi connectivity index (χ1n) is 6.46. The maximum Gasteiger partial charge on any atom is 2.00 e. The second kappa shape index (κ2) is 12.8. The van der Waals surface area contributed by atoms with Crippen LogP contribution >= 0.6 is 0 Å². The minimum absolute atomic E-state index is 0. The van der Waals surface area contributed by atoms with Gasteiger partial charge in [0, 0.05) is 0 Å². The molecule has 0 aliphatic rings. The van der Waals surface area contributed by atoms with Gasteiger partial charge >= 0.3 is 45.5 Å². The zero-order valence-electron chi connectivity index (χ0n) is 12.4. The number of hydrogen-bond donors (Lipinski definition) is 0. The molecule has 0 spiro atoms. The molecule has 5 heteroatoms. The average Bonchev–Trinajstić information content (AvgIpc) is 2.53. The van der Waals surface area contributed by atoms with Gasteiger partial charge < -0.3 is 19.8 Å². The number of carboxylic acids is 2. The molecular weight excluding hydrogens is 368 g/mol. The fourth-order valence-corrected chi connectivity index (χ4v) is 1.46. The topological polar surface area (TPSA) is 80.3 Å². The van der Waals surface area contributed by atoms with Crippen molar-refractivity contribution in [2.24, 2.45) is 0 Å². The van der Waals surface area contributed by atoms with Gasteiger partial charge in [-0.1, -0.05) is 72.8 Å². The van der Waals surface area contributed by atoms with Gasteiger partial charge in [-0.25, -0.2) is 0 Å². The van der Waals surface area contributed by atoms with Crippen LogP contribution in [0.4, 0.5) is 0 Å². The van der Waals surface area contributed by atoms with Crippen molar-refractivity contribution in [2.75, 3.05) is 0 Å². The Morgan fingerprint density at radius 1 is 0.652 bits per heavy atom.